The molecule has 0 atom stereocenters. The quantitative estimate of drug-likeness (QED) is 0.925. The molecule has 0 aliphatic carbocycles. The molecule has 1 fully saturated rings. The molecule has 2 heterocycles. The van der Waals surface area contributed by atoms with E-state index in [0.717, 1.165) is 51.4 Å². The molecule has 0 aromatic heterocycles. The minimum absolute atomic E-state index is 0.121. The van der Waals surface area contributed by atoms with Crippen LogP contribution in [0.4, 0.5) is 11.4 Å². The number of piperazine rings is 1. The van der Waals surface area contributed by atoms with Gasteiger partial charge in [-0.2, -0.15) is 0 Å². The zero-order chi connectivity index (χ0) is 14.9. The Bertz CT molecular complexity index is 495. The van der Waals surface area contributed by atoms with Crippen LogP contribution in [-0.2, 0) is 0 Å². The second-order valence-electron chi connectivity index (χ2n) is 6.64. The fourth-order valence-corrected chi connectivity index (χ4v) is 3.40. The number of nitrogens with one attached hydrogen (secondary N) is 1. The maximum Gasteiger partial charge on any atom is 0.145 e. The molecule has 3 rings (SSSR count). The zero-order valence-corrected chi connectivity index (χ0v) is 13.5. The number of anilines is 2. The van der Waals surface area contributed by atoms with Gasteiger partial charge in [-0.3, -0.25) is 0 Å². The van der Waals surface area contributed by atoms with Crippen molar-refractivity contribution in [3.05, 3.63) is 18.2 Å². The molecule has 4 nitrogen and oxygen atoms in total. The Morgan fingerprint density at radius 2 is 2.00 bits per heavy atom. The highest BCUT2D eigenvalue weighted by Gasteiger charge is 2.33. The molecule has 1 saturated heterocycles. The molecule has 21 heavy (non-hydrogen) atoms. The van der Waals surface area contributed by atoms with E-state index in [9.17, 15) is 0 Å². The summed E-state index contributed by atoms with van der Waals surface area (Å²) in [6.45, 7) is 12.9. The Morgan fingerprint density at radius 1 is 1.24 bits per heavy atom. The van der Waals surface area contributed by atoms with Gasteiger partial charge in [0.2, 0.25) is 0 Å². The summed E-state index contributed by atoms with van der Waals surface area (Å²) in [5.74, 6) is 1.04. The van der Waals surface area contributed by atoms with Gasteiger partial charge in [-0.1, -0.05) is 13.0 Å². The van der Waals surface area contributed by atoms with Crippen LogP contribution >= 0.6 is 0 Å². The minimum atomic E-state index is -0.121. The van der Waals surface area contributed by atoms with E-state index in [0.29, 0.717) is 0 Å². The van der Waals surface area contributed by atoms with E-state index in [2.05, 4.69) is 54.1 Å². The summed E-state index contributed by atoms with van der Waals surface area (Å²) in [5.41, 5.74) is 2.50. The smallest absolute Gasteiger partial charge is 0.145 e. The fraction of sp³-hybridized carbons (Fsp3) is 0.647. The van der Waals surface area contributed by atoms with E-state index in [4.69, 9.17) is 4.74 Å². The molecule has 1 aromatic carbocycles. The summed E-state index contributed by atoms with van der Waals surface area (Å²) in [6.07, 6.45) is 1.16. The van der Waals surface area contributed by atoms with E-state index in [1.54, 1.807) is 0 Å². The molecule has 1 aromatic rings. The van der Waals surface area contributed by atoms with Crippen LogP contribution in [0, 0.1) is 0 Å². The third-order valence-electron chi connectivity index (χ3n) is 4.20. The highest BCUT2D eigenvalue weighted by atomic mass is 16.5. The van der Waals surface area contributed by atoms with Crippen molar-refractivity contribution >= 4 is 11.4 Å². The Labute approximate surface area is 128 Å². The third kappa shape index (κ3) is 2.95. The van der Waals surface area contributed by atoms with Gasteiger partial charge >= 0.3 is 0 Å². The highest BCUT2D eigenvalue weighted by molar-refractivity contribution is 5.79. The summed E-state index contributed by atoms with van der Waals surface area (Å²) in [6, 6.07) is 6.49. The van der Waals surface area contributed by atoms with Gasteiger partial charge in [0.25, 0.3) is 0 Å². The lowest BCUT2D eigenvalue weighted by molar-refractivity contribution is 0.105. The van der Waals surface area contributed by atoms with Crippen molar-refractivity contribution in [3.63, 3.8) is 0 Å². The van der Waals surface area contributed by atoms with Crippen LogP contribution in [0.25, 0.3) is 0 Å². The molecule has 1 N–H and O–H groups in total. The van der Waals surface area contributed by atoms with Crippen molar-refractivity contribution in [2.45, 2.75) is 32.8 Å². The molecule has 0 amide bonds. The van der Waals surface area contributed by atoms with Gasteiger partial charge < -0.3 is 19.9 Å². The van der Waals surface area contributed by atoms with Crippen LogP contribution in [0.3, 0.4) is 0 Å². The zero-order valence-electron chi connectivity index (χ0n) is 13.5. The highest BCUT2D eigenvalue weighted by Crippen LogP contribution is 2.43. The van der Waals surface area contributed by atoms with E-state index >= 15 is 0 Å². The number of rotatable bonds is 3. The lowest BCUT2D eigenvalue weighted by atomic mass is 10.0. The molecular weight excluding hydrogens is 262 g/mol. The van der Waals surface area contributed by atoms with E-state index in [1.807, 2.05) is 0 Å². The van der Waals surface area contributed by atoms with Gasteiger partial charge in [-0.15, -0.1) is 0 Å². The van der Waals surface area contributed by atoms with Crippen LogP contribution in [-0.4, -0.2) is 44.9 Å². The number of hydrogen-bond donors (Lipinski definition) is 1. The van der Waals surface area contributed by atoms with Crippen molar-refractivity contribution in [2.24, 2.45) is 0 Å². The van der Waals surface area contributed by atoms with Gasteiger partial charge in [0.15, 0.2) is 0 Å². The maximum atomic E-state index is 6.24. The largest absolute Gasteiger partial charge is 0.484 e. The summed E-state index contributed by atoms with van der Waals surface area (Å²) in [7, 11) is 0. The molecule has 2 aliphatic rings. The molecule has 0 unspecified atom stereocenters. The lowest BCUT2D eigenvalue weighted by Gasteiger charge is -2.43. The number of benzene rings is 1. The van der Waals surface area contributed by atoms with E-state index < -0.39 is 0 Å². The average molecular weight is 289 g/mol. The monoisotopic (exact) mass is 289 g/mol. The number of hydrogen-bond acceptors (Lipinski definition) is 4. The van der Waals surface area contributed by atoms with Gasteiger partial charge in [0, 0.05) is 32.7 Å². The van der Waals surface area contributed by atoms with Crippen LogP contribution in [0.5, 0.6) is 5.75 Å². The van der Waals surface area contributed by atoms with Crippen molar-refractivity contribution in [1.29, 1.82) is 0 Å². The molecule has 0 radical (unpaired) electrons. The minimum Gasteiger partial charge on any atom is -0.484 e. The topological polar surface area (TPSA) is 27.7 Å². The molecule has 0 spiro atoms. The second kappa shape index (κ2) is 5.76. The Balaban J connectivity index is 1.99. The number of para-hydroxylation sites is 1. The fourth-order valence-electron chi connectivity index (χ4n) is 3.40. The number of ether oxygens (including phenoxy) is 1. The number of fused-ring (bicyclic) bond motifs is 1. The van der Waals surface area contributed by atoms with Crippen molar-refractivity contribution < 1.29 is 4.74 Å². The van der Waals surface area contributed by atoms with Gasteiger partial charge in [-0.05, 0) is 32.4 Å². The Hall–Kier alpha value is -1.42. The SMILES string of the molecule is CCCN1CC(C)(C)Oc2cccc(N3CCNCC3)c21. The Morgan fingerprint density at radius 3 is 2.71 bits per heavy atom. The first-order chi connectivity index (χ1) is 10.1. The summed E-state index contributed by atoms with van der Waals surface area (Å²) < 4.78 is 6.24. The van der Waals surface area contributed by atoms with E-state index in [1.165, 1.54) is 11.4 Å². The van der Waals surface area contributed by atoms with E-state index in [-0.39, 0.29) is 5.60 Å². The number of nitrogens with zero attached hydrogens (tertiary/aromatic N) is 2. The second-order valence-corrected chi connectivity index (χ2v) is 6.64. The molecular formula is C17H27N3O. The molecule has 2 aliphatic heterocycles. The van der Waals surface area contributed by atoms with Crippen molar-refractivity contribution in [2.75, 3.05) is 49.1 Å². The van der Waals surface area contributed by atoms with Gasteiger partial charge in [-0.25, -0.2) is 0 Å². The molecule has 116 valence electrons. The molecule has 0 saturated carbocycles. The van der Waals surface area contributed by atoms with Crippen LogP contribution in [0.1, 0.15) is 27.2 Å². The molecule has 0 bridgehead atoms. The lowest BCUT2D eigenvalue weighted by Crippen LogP contribution is -2.49. The van der Waals surface area contributed by atoms with Crippen LogP contribution in [0.2, 0.25) is 0 Å². The van der Waals surface area contributed by atoms with Crippen molar-refractivity contribution in [3.8, 4) is 5.75 Å². The predicted molar refractivity (Wildman–Crippen MR) is 88.7 cm³/mol. The predicted octanol–water partition coefficient (Wildman–Crippen LogP) is 2.48. The maximum absolute atomic E-state index is 6.24. The van der Waals surface area contributed by atoms with Gasteiger partial charge in [0.1, 0.15) is 17.0 Å². The first-order valence-electron chi connectivity index (χ1n) is 8.13. The molecule has 4 heteroatoms. The summed E-state index contributed by atoms with van der Waals surface area (Å²) in [4.78, 5) is 5.00. The first-order valence-corrected chi connectivity index (χ1v) is 8.13. The Kier molecular flexibility index (Phi) is 3.98. The normalized spacial score (nSPS) is 20.9. The van der Waals surface area contributed by atoms with Crippen LogP contribution < -0.4 is 19.9 Å². The third-order valence-corrected chi connectivity index (χ3v) is 4.20. The van der Waals surface area contributed by atoms with Crippen LogP contribution in [0.15, 0.2) is 18.2 Å². The first kappa shape index (κ1) is 14.5. The van der Waals surface area contributed by atoms with Gasteiger partial charge in [0.05, 0.1) is 12.2 Å². The standard InChI is InChI=1S/C17H27N3O/c1-4-10-20-13-17(2,3)21-15-7-5-6-14(16(15)20)19-11-8-18-9-12-19/h5-7,18H,4,8-13H2,1-3H3. The van der Waals surface area contributed by atoms with Crippen molar-refractivity contribution in [1.82, 2.24) is 5.32 Å². The summed E-state index contributed by atoms with van der Waals surface area (Å²) in [5, 5.41) is 3.43. The summed E-state index contributed by atoms with van der Waals surface area (Å²) >= 11 is 0. The average Bonchev–Trinajstić information content (AvgIpc) is 2.46.